The maximum absolute atomic E-state index is 10.5. The summed E-state index contributed by atoms with van der Waals surface area (Å²) in [7, 11) is 1.62. The Hall–Kier alpha value is -3.12. The van der Waals surface area contributed by atoms with Crippen molar-refractivity contribution < 1.29 is 9.84 Å². The minimum atomic E-state index is 0.155. The molecule has 0 fully saturated rings. The lowest BCUT2D eigenvalue weighted by molar-refractivity contribution is 0.414. The lowest BCUT2D eigenvalue weighted by Gasteiger charge is -2.10. The van der Waals surface area contributed by atoms with Gasteiger partial charge in [-0.05, 0) is 59.4 Å². The second kappa shape index (κ2) is 6.07. The van der Waals surface area contributed by atoms with Crippen LogP contribution in [0.1, 0.15) is 0 Å². The number of aromatic nitrogens is 3. The Morgan fingerprint density at radius 2 is 1.72 bits per heavy atom. The van der Waals surface area contributed by atoms with Gasteiger partial charge in [0.15, 0.2) is 10.6 Å². The summed E-state index contributed by atoms with van der Waals surface area (Å²) in [5.41, 5.74) is 1.45. The summed E-state index contributed by atoms with van der Waals surface area (Å²) in [5, 5.41) is 19.6. The molecule has 0 amide bonds. The largest absolute Gasteiger partial charge is 0.507 e. The number of phenols is 1. The molecule has 0 saturated heterocycles. The number of aromatic amines is 1. The third kappa shape index (κ3) is 2.66. The molecule has 3 aromatic carbocycles. The van der Waals surface area contributed by atoms with E-state index in [1.807, 2.05) is 54.6 Å². The van der Waals surface area contributed by atoms with Gasteiger partial charge in [-0.3, -0.25) is 9.67 Å². The molecule has 4 aromatic rings. The molecular weight excluding hydrogens is 334 g/mol. The number of aromatic hydroxyl groups is 1. The maximum Gasteiger partial charge on any atom is 0.200 e. The van der Waals surface area contributed by atoms with Gasteiger partial charge >= 0.3 is 0 Å². The van der Waals surface area contributed by atoms with E-state index in [1.165, 1.54) is 0 Å². The first-order valence-corrected chi connectivity index (χ1v) is 8.12. The molecule has 0 aliphatic rings. The number of nitrogens with zero attached hydrogens (tertiary/aromatic N) is 2. The Labute approximate surface area is 149 Å². The van der Waals surface area contributed by atoms with Gasteiger partial charge in [0, 0.05) is 0 Å². The van der Waals surface area contributed by atoms with Gasteiger partial charge in [-0.1, -0.05) is 24.3 Å². The third-order valence-electron chi connectivity index (χ3n) is 4.11. The van der Waals surface area contributed by atoms with E-state index in [-0.39, 0.29) is 5.75 Å². The summed E-state index contributed by atoms with van der Waals surface area (Å²) in [5.74, 6) is 1.47. The zero-order valence-corrected chi connectivity index (χ0v) is 14.2. The number of hydrogen-bond donors (Lipinski definition) is 2. The fourth-order valence-corrected chi connectivity index (χ4v) is 3.09. The Kier molecular flexibility index (Phi) is 3.74. The van der Waals surface area contributed by atoms with Gasteiger partial charge in [0.05, 0.1) is 18.4 Å². The Bertz CT molecular complexity index is 1110. The van der Waals surface area contributed by atoms with Crippen molar-refractivity contribution in [2.75, 3.05) is 7.11 Å². The van der Waals surface area contributed by atoms with Crippen LogP contribution >= 0.6 is 12.2 Å². The average molecular weight is 349 g/mol. The number of benzene rings is 3. The highest BCUT2D eigenvalue weighted by atomic mass is 32.1. The Morgan fingerprint density at radius 3 is 2.40 bits per heavy atom. The zero-order valence-electron chi connectivity index (χ0n) is 13.4. The first-order chi connectivity index (χ1) is 12.2. The second-order valence-electron chi connectivity index (χ2n) is 5.60. The van der Waals surface area contributed by atoms with Gasteiger partial charge in [-0.15, -0.1) is 0 Å². The van der Waals surface area contributed by atoms with Gasteiger partial charge in [0.1, 0.15) is 11.5 Å². The Morgan fingerprint density at radius 1 is 1.04 bits per heavy atom. The minimum Gasteiger partial charge on any atom is -0.507 e. The number of methoxy groups -OCH3 is 1. The zero-order chi connectivity index (χ0) is 17.4. The molecule has 2 N–H and O–H groups in total. The molecule has 25 heavy (non-hydrogen) atoms. The molecule has 4 rings (SSSR count). The van der Waals surface area contributed by atoms with E-state index in [0.717, 1.165) is 22.2 Å². The maximum atomic E-state index is 10.5. The summed E-state index contributed by atoms with van der Waals surface area (Å²) < 4.78 is 7.44. The molecule has 0 unspecified atom stereocenters. The first-order valence-electron chi connectivity index (χ1n) is 7.71. The van der Waals surface area contributed by atoms with Crippen molar-refractivity contribution in [1.29, 1.82) is 0 Å². The van der Waals surface area contributed by atoms with E-state index in [4.69, 9.17) is 17.0 Å². The second-order valence-corrected chi connectivity index (χ2v) is 5.99. The van der Waals surface area contributed by atoms with Crippen LogP contribution in [0.3, 0.4) is 0 Å². The van der Waals surface area contributed by atoms with Gasteiger partial charge in [0.25, 0.3) is 0 Å². The molecular formula is C19H15N3O2S. The summed E-state index contributed by atoms with van der Waals surface area (Å²) in [6.07, 6.45) is 0. The van der Waals surface area contributed by atoms with Crippen LogP contribution in [0.4, 0.5) is 0 Å². The number of hydrogen-bond acceptors (Lipinski definition) is 4. The van der Waals surface area contributed by atoms with Crippen molar-refractivity contribution in [3.8, 4) is 28.6 Å². The van der Waals surface area contributed by atoms with E-state index in [9.17, 15) is 5.11 Å². The number of nitrogens with one attached hydrogen (secondary N) is 1. The lowest BCUT2D eigenvalue weighted by atomic mass is 10.1. The van der Waals surface area contributed by atoms with Crippen molar-refractivity contribution in [3.63, 3.8) is 0 Å². The fraction of sp³-hybridized carbons (Fsp3) is 0.0526. The highest BCUT2D eigenvalue weighted by Crippen LogP contribution is 2.33. The molecule has 0 saturated carbocycles. The molecule has 0 spiro atoms. The van der Waals surface area contributed by atoms with Crippen molar-refractivity contribution in [2.45, 2.75) is 0 Å². The van der Waals surface area contributed by atoms with Crippen LogP contribution in [0.15, 0.2) is 60.7 Å². The average Bonchev–Trinajstić information content (AvgIpc) is 3.02. The molecule has 0 atom stereocenters. The third-order valence-corrected chi connectivity index (χ3v) is 4.38. The predicted octanol–water partition coefficient (Wildman–Crippen LogP) is 4.46. The topological polar surface area (TPSA) is 63.1 Å². The SMILES string of the molecule is COc1ccc(-n2c(-c3cc4ccccc4cc3O)n[nH]c2=S)cc1. The van der Waals surface area contributed by atoms with E-state index in [0.29, 0.717) is 16.2 Å². The normalized spacial score (nSPS) is 10.9. The lowest BCUT2D eigenvalue weighted by Crippen LogP contribution is -1.98. The standard InChI is InChI=1S/C19H15N3O2S/c1-24-15-8-6-14(7-9-15)22-18(20-21-19(22)25)16-10-12-4-2-3-5-13(12)11-17(16)23/h2-11,23H,1H3,(H,21,25). The number of ether oxygens (including phenoxy) is 1. The van der Waals surface area contributed by atoms with Crippen molar-refractivity contribution in [2.24, 2.45) is 0 Å². The van der Waals surface area contributed by atoms with Crippen LogP contribution < -0.4 is 4.74 Å². The molecule has 5 nitrogen and oxygen atoms in total. The minimum absolute atomic E-state index is 0.155. The molecule has 124 valence electrons. The van der Waals surface area contributed by atoms with Crippen LogP contribution in [0.25, 0.3) is 27.8 Å². The van der Waals surface area contributed by atoms with E-state index < -0.39 is 0 Å². The summed E-state index contributed by atoms with van der Waals surface area (Å²) in [4.78, 5) is 0. The monoisotopic (exact) mass is 349 g/mol. The van der Waals surface area contributed by atoms with Crippen molar-refractivity contribution in [1.82, 2.24) is 14.8 Å². The predicted molar refractivity (Wildman–Crippen MR) is 99.9 cm³/mol. The number of fused-ring (bicyclic) bond motifs is 1. The Balaban J connectivity index is 1.92. The van der Waals surface area contributed by atoms with Crippen LogP contribution in [0.5, 0.6) is 11.5 Å². The van der Waals surface area contributed by atoms with Gasteiger partial charge in [0.2, 0.25) is 0 Å². The molecule has 0 bridgehead atoms. The van der Waals surface area contributed by atoms with Crippen LogP contribution in [-0.2, 0) is 0 Å². The molecule has 1 aromatic heterocycles. The van der Waals surface area contributed by atoms with Crippen LogP contribution in [-0.4, -0.2) is 27.0 Å². The molecule has 6 heteroatoms. The highest BCUT2D eigenvalue weighted by Gasteiger charge is 2.15. The van der Waals surface area contributed by atoms with E-state index in [1.54, 1.807) is 17.7 Å². The number of H-pyrrole nitrogens is 1. The van der Waals surface area contributed by atoms with Gasteiger partial charge < -0.3 is 9.84 Å². The fourth-order valence-electron chi connectivity index (χ4n) is 2.86. The summed E-state index contributed by atoms with van der Waals surface area (Å²) >= 11 is 5.39. The summed E-state index contributed by atoms with van der Waals surface area (Å²) in [6, 6.07) is 19.0. The van der Waals surface area contributed by atoms with Crippen LogP contribution in [0, 0.1) is 4.77 Å². The van der Waals surface area contributed by atoms with Gasteiger partial charge in [-0.2, -0.15) is 5.10 Å². The highest BCUT2D eigenvalue weighted by molar-refractivity contribution is 7.71. The molecule has 0 radical (unpaired) electrons. The van der Waals surface area contributed by atoms with E-state index >= 15 is 0 Å². The number of rotatable bonds is 3. The number of phenolic OH excluding ortho intramolecular Hbond substituents is 1. The molecule has 0 aliphatic carbocycles. The van der Waals surface area contributed by atoms with Gasteiger partial charge in [-0.25, -0.2) is 0 Å². The van der Waals surface area contributed by atoms with E-state index in [2.05, 4.69) is 10.2 Å². The smallest absolute Gasteiger partial charge is 0.200 e. The van der Waals surface area contributed by atoms with Crippen molar-refractivity contribution >= 4 is 23.0 Å². The molecule has 0 aliphatic heterocycles. The first kappa shape index (κ1) is 15.4. The molecule has 1 heterocycles. The van der Waals surface area contributed by atoms with Crippen LogP contribution in [0.2, 0.25) is 0 Å². The summed E-state index contributed by atoms with van der Waals surface area (Å²) in [6.45, 7) is 0. The van der Waals surface area contributed by atoms with Crippen molar-refractivity contribution in [3.05, 3.63) is 65.4 Å². The quantitative estimate of drug-likeness (QED) is 0.536.